The number of carbonyl (C=O) groups excluding carboxylic acids is 1. The van der Waals surface area contributed by atoms with Crippen LogP contribution in [0.15, 0.2) is 24.3 Å². The molecule has 2 atom stereocenters. The molecule has 2 unspecified atom stereocenters. The van der Waals surface area contributed by atoms with Gasteiger partial charge in [0.15, 0.2) is 6.10 Å². The van der Waals surface area contributed by atoms with E-state index in [1.165, 1.54) is 18.2 Å². The smallest absolute Gasteiger partial charge is 0.249 e. The van der Waals surface area contributed by atoms with Crippen LogP contribution in [0.3, 0.4) is 0 Å². The zero-order valence-electron chi connectivity index (χ0n) is 7.22. The van der Waals surface area contributed by atoms with Crippen LogP contribution in [0.5, 0.6) is 0 Å². The van der Waals surface area contributed by atoms with Gasteiger partial charge in [-0.25, -0.2) is 4.39 Å². The Hall–Kier alpha value is -1.46. The van der Waals surface area contributed by atoms with Gasteiger partial charge in [0.2, 0.25) is 5.91 Å². The van der Waals surface area contributed by atoms with Crippen LogP contribution in [0.2, 0.25) is 0 Å². The summed E-state index contributed by atoms with van der Waals surface area (Å²) in [6.07, 6.45) is -3.43. The number of carbonyl (C=O) groups is 1. The summed E-state index contributed by atoms with van der Waals surface area (Å²) in [6.45, 7) is 0. The first-order chi connectivity index (χ1) is 6.54. The first-order valence-corrected chi connectivity index (χ1v) is 3.94. The number of halogens is 1. The van der Waals surface area contributed by atoms with E-state index in [1.54, 1.807) is 0 Å². The molecule has 1 aromatic rings. The average Bonchev–Trinajstić information content (AvgIpc) is 2.16. The summed E-state index contributed by atoms with van der Waals surface area (Å²) in [7, 11) is 0. The Morgan fingerprint density at radius 1 is 1.36 bits per heavy atom. The highest BCUT2D eigenvalue weighted by molar-refractivity contribution is 5.79. The van der Waals surface area contributed by atoms with Crippen molar-refractivity contribution in [2.45, 2.75) is 12.2 Å². The van der Waals surface area contributed by atoms with Crippen molar-refractivity contribution in [2.75, 3.05) is 0 Å². The molecule has 0 saturated carbocycles. The second kappa shape index (κ2) is 4.17. The lowest BCUT2D eigenvalue weighted by Crippen LogP contribution is -2.34. The molecule has 0 saturated heterocycles. The molecule has 0 bridgehead atoms. The molecule has 4 nitrogen and oxygen atoms in total. The monoisotopic (exact) mass is 199 g/mol. The van der Waals surface area contributed by atoms with Gasteiger partial charge in [0.25, 0.3) is 0 Å². The minimum atomic E-state index is -1.80. The van der Waals surface area contributed by atoms with E-state index in [0.29, 0.717) is 0 Å². The summed E-state index contributed by atoms with van der Waals surface area (Å²) < 4.78 is 13.0. The van der Waals surface area contributed by atoms with Crippen molar-refractivity contribution in [3.8, 4) is 0 Å². The van der Waals surface area contributed by atoms with Gasteiger partial charge in [0, 0.05) is 5.56 Å². The van der Waals surface area contributed by atoms with Crippen LogP contribution >= 0.6 is 0 Å². The summed E-state index contributed by atoms with van der Waals surface area (Å²) in [5.74, 6) is -1.79. The van der Waals surface area contributed by atoms with Gasteiger partial charge in [-0.05, 0) is 6.07 Å². The number of primary amides is 1. The molecule has 0 fully saturated rings. The summed E-state index contributed by atoms with van der Waals surface area (Å²) in [4.78, 5) is 10.5. The zero-order chi connectivity index (χ0) is 10.7. The summed E-state index contributed by atoms with van der Waals surface area (Å²) in [6, 6.07) is 5.30. The van der Waals surface area contributed by atoms with E-state index in [2.05, 4.69) is 0 Å². The fraction of sp³-hybridized carbons (Fsp3) is 0.222. The minimum absolute atomic E-state index is 0.154. The highest BCUT2D eigenvalue weighted by Crippen LogP contribution is 2.19. The van der Waals surface area contributed by atoms with Crippen LogP contribution in [0.25, 0.3) is 0 Å². The second-order valence-corrected chi connectivity index (χ2v) is 2.81. The fourth-order valence-corrected chi connectivity index (χ4v) is 1.04. The van der Waals surface area contributed by atoms with E-state index in [4.69, 9.17) is 10.8 Å². The maximum Gasteiger partial charge on any atom is 0.249 e. The molecule has 0 spiro atoms. The largest absolute Gasteiger partial charge is 0.385 e. The molecule has 0 aromatic heterocycles. The lowest BCUT2D eigenvalue weighted by molar-refractivity contribution is -0.132. The van der Waals surface area contributed by atoms with E-state index < -0.39 is 23.9 Å². The Labute approximate surface area is 79.8 Å². The molecule has 0 aliphatic rings. The van der Waals surface area contributed by atoms with Crippen LogP contribution in [0, 0.1) is 5.82 Å². The molecule has 4 N–H and O–H groups in total. The van der Waals surface area contributed by atoms with Crippen molar-refractivity contribution in [1.82, 2.24) is 0 Å². The Morgan fingerprint density at radius 2 is 1.93 bits per heavy atom. The predicted octanol–water partition coefficient (Wildman–Crippen LogP) is -0.295. The molecule has 1 amide bonds. The molecular weight excluding hydrogens is 189 g/mol. The van der Waals surface area contributed by atoms with Crippen molar-refractivity contribution in [2.24, 2.45) is 5.73 Å². The Balaban J connectivity index is 2.94. The third kappa shape index (κ3) is 2.07. The van der Waals surface area contributed by atoms with Crippen molar-refractivity contribution >= 4 is 5.91 Å². The Morgan fingerprint density at radius 3 is 2.43 bits per heavy atom. The van der Waals surface area contributed by atoms with Crippen molar-refractivity contribution in [3.05, 3.63) is 35.6 Å². The highest BCUT2D eigenvalue weighted by Gasteiger charge is 2.25. The maximum atomic E-state index is 13.0. The van der Waals surface area contributed by atoms with E-state index in [-0.39, 0.29) is 5.56 Å². The van der Waals surface area contributed by atoms with Gasteiger partial charge in [0.05, 0.1) is 0 Å². The van der Waals surface area contributed by atoms with Crippen LogP contribution in [-0.4, -0.2) is 22.2 Å². The van der Waals surface area contributed by atoms with Gasteiger partial charge in [-0.3, -0.25) is 4.79 Å². The number of amides is 1. The van der Waals surface area contributed by atoms with Gasteiger partial charge in [-0.1, -0.05) is 18.2 Å². The predicted molar refractivity (Wildman–Crippen MR) is 46.6 cm³/mol. The van der Waals surface area contributed by atoms with Gasteiger partial charge >= 0.3 is 0 Å². The quantitative estimate of drug-likeness (QED) is 0.625. The van der Waals surface area contributed by atoms with Crippen LogP contribution in [0.1, 0.15) is 11.7 Å². The molecule has 76 valence electrons. The highest BCUT2D eigenvalue weighted by atomic mass is 19.1. The third-order valence-corrected chi connectivity index (χ3v) is 1.81. The summed E-state index contributed by atoms with van der Waals surface area (Å²) in [5, 5.41) is 18.4. The lowest BCUT2D eigenvalue weighted by atomic mass is 10.0. The first kappa shape index (κ1) is 10.6. The fourth-order valence-electron chi connectivity index (χ4n) is 1.04. The number of benzene rings is 1. The van der Waals surface area contributed by atoms with E-state index in [9.17, 15) is 14.3 Å². The summed E-state index contributed by atoms with van der Waals surface area (Å²) in [5.41, 5.74) is 4.60. The Kier molecular flexibility index (Phi) is 3.16. The number of aliphatic hydroxyl groups excluding tert-OH is 2. The molecule has 0 heterocycles. The number of nitrogens with two attached hydrogens (primary N) is 1. The number of rotatable bonds is 3. The molecule has 1 aromatic carbocycles. The standard InChI is InChI=1S/C9H10FNO3/c10-6-4-2-1-3-5(6)7(12)8(13)9(11)14/h1-4,7-8,12-13H,(H2,11,14). The van der Waals surface area contributed by atoms with E-state index in [0.717, 1.165) is 6.07 Å². The maximum absolute atomic E-state index is 13.0. The number of aliphatic hydroxyl groups is 2. The molecule has 0 aliphatic carbocycles. The van der Waals surface area contributed by atoms with Gasteiger partial charge in [-0.2, -0.15) is 0 Å². The van der Waals surface area contributed by atoms with Crippen LogP contribution in [-0.2, 0) is 4.79 Å². The lowest BCUT2D eigenvalue weighted by Gasteiger charge is -2.15. The topological polar surface area (TPSA) is 83.6 Å². The van der Waals surface area contributed by atoms with Gasteiger partial charge in [-0.15, -0.1) is 0 Å². The van der Waals surface area contributed by atoms with Gasteiger partial charge < -0.3 is 15.9 Å². The third-order valence-electron chi connectivity index (χ3n) is 1.81. The molecule has 14 heavy (non-hydrogen) atoms. The van der Waals surface area contributed by atoms with Gasteiger partial charge in [0.1, 0.15) is 11.9 Å². The van der Waals surface area contributed by atoms with Crippen molar-refractivity contribution in [1.29, 1.82) is 0 Å². The van der Waals surface area contributed by atoms with E-state index in [1.807, 2.05) is 0 Å². The molecule has 5 heteroatoms. The zero-order valence-corrected chi connectivity index (χ0v) is 7.22. The number of hydrogen-bond acceptors (Lipinski definition) is 3. The normalized spacial score (nSPS) is 14.8. The Bertz CT molecular complexity index is 343. The van der Waals surface area contributed by atoms with Crippen LogP contribution < -0.4 is 5.73 Å². The minimum Gasteiger partial charge on any atom is -0.385 e. The first-order valence-electron chi connectivity index (χ1n) is 3.94. The second-order valence-electron chi connectivity index (χ2n) is 2.81. The molecule has 0 aliphatic heterocycles. The molecular formula is C9H10FNO3. The summed E-state index contributed by atoms with van der Waals surface area (Å²) >= 11 is 0. The number of hydrogen-bond donors (Lipinski definition) is 3. The molecule has 0 radical (unpaired) electrons. The average molecular weight is 199 g/mol. The van der Waals surface area contributed by atoms with Crippen molar-refractivity contribution in [3.63, 3.8) is 0 Å². The van der Waals surface area contributed by atoms with Crippen LogP contribution in [0.4, 0.5) is 4.39 Å². The molecule has 1 rings (SSSR count). The SMILES string of the molecule is NC(=O)C(O)C(O)c1ccccc1F. The van der Waals surface area contributed by atoms with E-state index >= 15 is 0 Å². The van der Waals surface area contributed by atoms with Crippen molar-refractivity contribution < 1.29 is 19.4 Å².